The molecule has 2 heterocycles. The van der Waals surface area contributed by atoms with Gasteiger partial charge >= 0.3 is 0 Å². The van der Waals surface area contributed by atoms with Gasteiger partial charge in [0.1, 0.15) is 17.6 Å². The van der Waals surface area contributed by atoms with Gasteiger partial charge in [0.05, 0.1) is 12.8 Å². The predicted octanol–water partition coefficient (Wildman–Crippen LogP) is 3.98. The van der Waals surface area contributed by atoms with E-state index in [1.807, 2.05) is 12.1 Å². The summed E-state index contributed by atoms with van der Waals surface area (Å²) in [6.45, 7) is 0.507. The second kappa shape index (κ2) is 6.90. The van der Waals surface area contributed by atoms with Crippen LogP contribution in [0.3, 0.4) is 0 Å². The van der Waals surface area contributed by atoms with E-state index in [1.54, 1.807) is 36.6 Å². The number of nitrogens with zero attached hydrogens (tertiary/aromatic N) is 2. The second-order valence-electron chi connectivity index (χ2n) is 4.57. The summed E-state index contributed by atoms with van der Waals surface area (Å²) < 4.78 is 16.3. The normalized spacial score (nSPS) is 10.3. The van der Waals surface area contributed by atoms with Crippen molar-refractivity contribution in [3.63, 3.8) is 0 Å². The Morgan fingerprint density at radius 1 is 1.26 bits per heavy atom. The molecule has 0 amide bonds. The molecule has 7 heteroatoms. The molecule has 0 saturated heterocycles. The molecule has 0 aliphatic heterocycles. The standard InChI is InChI=1S/C16H12ClN3O3/c17-11-3-5-12(6-4-11)22-10-15-20-14(8-18)16(23-15)19-9-13-2-1-7-21-13/h1-7,19H,9-10H2. The Bertz CT molecular complexity index is 804. The lowest BCUT2D eigenvalue weighted by Crippen LogP contribution is -1.98. The van der Waals surface area contributed by atoms with Gasteiger partial charge < -0.3 is 18.9 Å². The van der Waals surface area contributed by atoms with Crippen LogP contribution >= 0.6 is 11.6 Å². The van der Waals surface area contributed by atoms with Gasteiger partial charge in [-0.3, -0.25) is 0 Å². The van der Waals surface area contributed by atoms with Crippen LogP contribution in [-0.4, -0.2) is 4.98 Å². The van der Waals surface area contributed by atoms with E-state index in [9.17, 15) is 0 Å². The highest BCUT2D eigenvalue weighted by atomic mass is 35.5. The van der Waals surface area contributed by atoms with Gasteiger partial charge in [-0.25, -0.2) is 0 Å². The summed E-state index contributed by atoms with van der Waals surface area (Å²) in [6.07, 6.45) is 1.58. The minimum atomic E-state index is 0.110. The lowest BCUT2D eigenvalue weighted by molar-refractivity contribution is 0.264. The second-order valence-corrected chi connectivity index (χ2v) is 5.01. The van der Waals surface area contributed by atoms with E-state index in [0.29, 0.717) is 29.1 Å². The molecule has 0 unspecified atom stereocenters. The number of hydrogen-bond acceptors (Lipinski definition) is 6. The van der Waals surface area contributed by atoms with Crippen molar-refractivity contribution in [3.05, 3.63) is 65.0 Å². The Labute approximate surface area is 137 Å². The molecular formula is C16H12ClN3O3. The summed E-state index contributed by atoms with van der Waals surface area (Å²) in [6, 6.07) is 12.5. The van der Waals surface area contributed by atoms with Crippen molar-refractivity contribution in [3.8, 4) is 11.8 Å². The third kappa shape index (κ3) is 3.84. The third-order valence-corrected chi connectivity index (χ3v) is 3.21. The Morgan fingerprint density at radius 3 is 2.78 bits per heavy atom. The van der Waals surface area contributed by atoms with E-state index < -0.39 is 0 Å². The fourth-order valence-corrected chi connectivity index (χ4v) is 2.00. The van der Waals surface area contributed by atoms with Crippen molar-refractivity contribution >= 4 is 17.5 Å². The Morgan fingerprint density at radius 2 is 2.09 bits per heavy atom. The molecule has 116 valence electrons. The zero-order valence-corrected chi connectivity index (χ0v) is 12.7. The van der Waals surface area contributed by atoms with E-state index in [4.69, 9.17) is 30.4 Å². The van der Waals surface area contributed by atoms with Crippen LogP contribution in [0.2, 0.25) is 5.02 Å². The zero-order chi connectivity index (χ0) is 16.1. The maximum atomic E-state index is 9.11. The molecule has 1 aromatic carbocycles. The largest absolute Gasteiger partial charge is 0.484 e. The van der Waals surface area contributed by atoms with Crippen LogP contribution in [0.4, 0.5) is 5.88 Å². The molecule has 3 aromatic rings. The van der Waals surface area contributed by atoms with E-state index in [-0.39, 0.29) is 12.3 Å². The number of benzene rings is 1. The molecule has 0 atom stereocenters. The van der Waals surface area contributed by atoms with Crippen LogP contribution in [0.15, 0.2) is 51.5 Å². The van der Waals surface area contributed by atoms with Crippen LogP contribution in [0.5, 0.6) is 5.75 Å². The van der Waals surface area contributed by atoms with Gasteiger partial charge in [0.2, 0.25) is 17.5 Å². The number of halogens is 1. The molecule has 3 rings (SSSR count). The average Bonchev–Trinajstić information content (AvgIpc) is 3.21. The number of anilines is 1. The fraction of sp³-hybridized carbons (Fsp3) is 0.125. The monoisotopic (exact) mass is 329 g/mol. The molecule has 1 N–H and O–H groups in total. The summed E-state index contributed by atoms with van der Waals surface area (Å²) >= 11 is 5.81. The van der Waals surface area contributed by atoms with E-state index in [0.717, 1.165) is 5.76 Å². The predicted molar refractivity (Wildman–Crippen MR) is 83.0 cm³/mol. The highest BCUT2D eigenvalue weighted by Gasteiger charge is 2.13. The van der Waals surface area contributed by atoms with Gasteiger partial charge in [-0.15, -0.1) is 0 Å². The van der Waals surface area contributed by atoms with Crippen molar-refractivity contribution in [1.29, 1.82) is 5.26 Å². The molecule has 6 nitrogen and oxygen atoms in total. The molecule has 0 aliphatic rings. The Balaban J connectivity index is 1.64. The maximum absolute atomic E-state index is 9.11. The maximum Gasteiger partial charge on any atom is 0.236 e. The number of oxazole rings is 1. The minimum absolute atomic E-state index is 0.110. The number of hydrogen-bond donors (Lipinski definition) is 1. The molecule has 0 fully saturated rings. The molecule has 0 radical (unpaired) electrons. The number of ether oxygens (including phenoxy) is 1. The highest BCUT2D eigenvalue weighted by molar-refractivity contribution is 6.30. The minimum Gasteiger partial charge on any atom is -0.484 e. The topological polar surface area (TPSA) is 84.2 Å². The first-order chi connectivity index (χ1) is 11.2. The first kappa shape index (κ1) is 15.0. The summed E-state index contributed by atoms with van der Waals surface area (Å²) in [5, 5.41) is 12.7. The van der Waals surface area contributed by atoms with E-state index >= 15 is 0 Å². The fourth-order valence-electron chi connectivity index (χ4n) is 1.88. The molecule has 0 aliphatic carbocycles. The van der Waals surface area contributed by atoms with Crippen LogP contribution in [0.25, 0.3) is 0 Å². The Hall–Kier alpha value is -2.91. The van der Waals surface area contributed by atoms with Gasteiger partial charge in [-0.1, -0.05) is 11.6 Å². The zero-order valence-electron chi connectivity index (χ0n) is 12.0. The summed E-state index contributed by atoms with van der Waals surface area (Å²) in [4.78, 5) is 4.09. The molecule has 0 saturated carbocycles. The van der Waals surface area contributed by atoms with Crippen LogP contribution in [0.1, 0.15) is 17.3 Å². The first-order valence-electron chi connectivity index (χ1n) is 6.79. The Kier molecular flexibility index (Phi) is 4.50. The average molecular weight is 330 g/mol. The number of nitriles is 1. The highest BCUT2D eigenvalue weighted by Crippen LogP contribution is 2.20. The number of nitrogens with one attached hydrogen (secondary N) is 1. The SMILES string of the molecule is N#Cc1nc(COc2ccc(Cl)cc2)oc1NCc1ccco1. The number of furan rings is 1. The van der Waals surface area contributed by atoms with Crippen molar-refractivity contribution in [2.24, 2.45) is 0 Å². The van der Waals surface area contributed by atoms with Crippen LogP contribution < -0.4 is 10.1 Å². The van der Waals surface area contributed by atoms with E-state index in [2.05, 4.69) is 10.3 Å². The van der Waals surface area contributed by atoms with Crippen molar-refractivity contribution in [2.45, 2.75) is 13.2 Å². The first-order valence-corrected chi connectivity index (χ1v) is 7.17. The quantitative estimate of drug-likeness (QED) is 0.736. The van der Waals surface area contributed by atoms with E-state index in [1.165, 1.54) is 0 Å². The lowest BCUT2D eigenvalue weighted by atomic mass is 10.3. The van der Waals surface area contributed by atoms with Gasteiger partial charge in [0, 0.05) is 5.02 Å². The smallest absolute Gasteiger partial charge is 0.236 e. The van der Waals surface area contributed by atoms with Crippen molar-refractivity contribution < 1.29 is 13.6 Å². The molecule has 23 heavy (non-hydrogen) atoms. The third-order valence-electron chi connectivity index (χ3n) is 2.96. The lowest BCUT2D eigenvalue weighted by Gasteiger charge is -2.03. The summed E-state index contributed by atoms with van der Waals surface area (Å²) in [5.41, 5.74) is 0.172. The molecule has 2 aromatic heterocycles. The van der Waals surface area contributed by atoms with Crippen molar-refractivity contribution in [1.82, 2.24) is 4.98 Å². The molecule has 0 bridgehead atoms. The number of aromatic nitrogens is 1. The van der Waals surface area contributed by atoms with Crippen LogP contribution in [-0.2, 0) is 13.2 Å². The van der Waals surface area contributed by atoms with Crippen LogP contribution in [0, 0.1) is 11.3 Å². The van der Waals surface area contributed by atoms with Gasteiger partial charge in [0.15, 0.2) is 6.61 Å². The molecular weight excluding hydrogens is 318 g/mol. The van der Waals surface area contributed by atoms with Gasteiger partial charge in [-0.05, 0) is 36.4 Å². The molecule has 0 spiro atoms. The summed E-state index contributed by atoms with van der Waals surface area (Å²) in [5.74, 6) is 1.96. The summed E-state index contributed by atoms with van der Waals surface area (Å²) in [7, 11) is 0. The van der Waals surface area contributed by atoms with Crippen molar-refractivity contribution in [2.75, 3.05) is 5.32 Å². The van der Waals surface area contributed by atoms with Gasteiger partial charge in [0.25, 0.3) is 0 Å². The van der Waals surface area contributed by atoms with Gasteiger partial charge in [-0.2, -0.15) is 10.2 Å². The number of rotatable bonds is 6.